The first-order valence-corrected chi connectivity index (χ1v) is 6.35. The number of halogens is 1. The van der Waals surface area contributed by atoms with Gasteiger partial charge < -0.3 is 9.64 Å². The fourth-order valence-electron chi connectivity index (χ4n) is 1.88. The SMILES string of the molecule is C[C@@H](Cl)[C@H]1CCCN(C(=O)OC(C)(C)C)C1. The van der Waals surface area contributed by atoms with Crippen LogP contribution in [0.25, 0.3) is 0 Å². The second-order valence-corrected chi connectivity index (χ2v) is 6.19. The quantitative estimate of drug-likeness (QED) is 0.666. The molecule has 0 N–H and O–H groups in total. The van der Waals surface area contributed by atoms with Crippen LogP contribution in [0, 0.1) is 5.92 Å². The maximum absolute atomic E-state index is 11.8. The first-order chi connectivity index (χ1) is 7.29. The zero-order chi connectivity index (χ0) is 12.3. The Hall–Kier alpha value is -0.440. The predicted molar refractivity (Wildman–Crippen MR) is 65.8 cm³/mol. The fourth-order valence-corrected chi connectivity index (χ4v) is 2.08. The highest BCUT2D eigenvalue weighted by atomic mass is 35.5. The molecule has 3 nitrogen and oxygen atoms in total. The highest BCUT2D eigenvalue weighted by Crippen LogP contribution is 2.24. The summed E-state index contributed by atoms with van der Waals surface area (Å²) in [7, 11) is 0. The van der Waals surface area contributed by atoms with E-state index in [1.807, 2.05) is 27.7 Å². The third-order valence-corrected chi connectivity index (χ3v) is 3.12. The molecule has 0 aromatic carbocycles. The molecule has 16 heavy (non-hydrogen) atoms. The number of likely N-dealkylation sites (tertiary alicyclic amines) is 1. The molecule has 1 saturated heterocycles. The number of rotatable bonds is 1. The largest absolute Gasteiger partial charge is 0.444 e. The van der Waals surface area contributed by atoms with Crippen molar-refractivity contribution in [3.63, 3.8) is 0 Å². The fraction of sp³-hybridized carbons (Fsp3) is 0.917. The second-order valence-electron chi connectivity index (χ2n) is 5.51. The average molecular weight is 248 g/mol. The number of hydrogen-bond donors (Lipinski definition) is 0. The number of carbonyl (C=O) groups excluding carboxylic acids is 1. The summed E-state index contributed by atoms with van der Waals surface area (Å²) in [4.78, 5) is 13.6. The third-order valence-electron chi connectivity index (χ3n) is 2.76. The van der Waals surface area contributed by atoms with Gasteiger partial charge in [0.15, 0.2) is 0 Å². The van der Waals surface area contributed by atoms with Crippen LogP contribution < -0.4 is 0 Å². The molecule has 1 amide bonds. The van der Waals surface area contributed by atoms with E-state index in [9.17, 15) is 4.79 Å². The molecule has 1 fully saturated rings. The maximum Gasteiger partial charge on any atom is 0.410 e. The molecule has 1 heterocycles. The lowest BCUT2D eigenvalue weighted by Gasteiger charge is -2.35. The van der Waals surface area contributed by atoms with Gasteiger partial charge in [-0.15, -0.1) is 11.6 Å². The number of ether oxygens (including phenoxy) is 1. The molecule has 0 radical (unpaired) electrons. The Labute approximate surface area is 103 Å². The lowest BCUT2D eigenvalue weighted by Crippen LogP contribution is -2.44. The van der Waals surface area contributed by atoms with Gasteiger partial charge in [0.1, 0.15) is 5.60 Å². The van der Waals surface area contributed by atoms with E-state index in [1.165, 1.54) is 0 Å². The average Bonchev–Trinajstić information content (AvgIpc) is 2.15. The van der Waals surface area contributed by atoms with Crippen LogP contribution in [-0.4, -0.2) is 35.1 Å². The zero-order valence-corrected chi connectivity index (χ0v) is 11.4. The van der Waals surface area contributed by atoms with Crippen LogP contribution in [0.5, 0.6) is 0 Å². The first kappa shape index (κ1) is 13.6. The normalized spacial score (nSPS) is 24.1. The molecule has 0 bridgehead atoms. The van der Waals surface area contributed by atoms with Gasteiger partial charge in [0.2, 0.25) is 0 Å². The van der Waals surface area contributed by atoms with Crippen LogP contribution in [0.1, 0.15) is 40.5 Å². The van der Waals surface area contributed by atoms with Gasteiger partial charge in [-0.1, -0.05) is 0 Å². The van der Waals surface area contributed by atoms with E-state index in [-0.39, 0.29) is 11.5 Å². The van der Waals surface area contributed by atoms with E-state index in [4.69, 9.17) is 16.3 Å². The van der Waals surface area contributed by atoms with Gasteiger partial charge in [-0.05, 0) is 46.5 Å². The van der Waals surface area contributed by atoms with Gasteiger partial charge >= 0.3 is 6.09 Å². The number of piperidine rings is 1. The molecule has 0 aromatic rings. The molecule has 94 valence electrons. The van der Waals surface area contributed by atoms with Crippen molar-refractivity contribution in [2.45, 2.75) is 51.5 Å². The van der Waals surface area contributed by atoms with Gasteiger partial charge in [0.25, 0.3) is 0 Å². The maximum atomic E-state index is 11.8. The highest BCUT2D eigenvalue weighted by Gasteiger charge is 2.29. The van der Waals surface area contributed by atoms with Crippen LogP contribution >= 0.6 is 11.6 Å². The predicted octanol–water partition coefficient (Wildman–Crippen LogP) is 3.26. The number of hydrogen-bond acceptors (Lipinski definition) is 2. The number of amides is 1. The van der Waals surface area contributed by atoms with Crippen molar-refractivity contribution in [2.75, 3.05) is 13.1 Å². The van der Waals surface area contributed by atoms with Crippen molar-refractivity contribution < 1.29 is 9.53 Å². The molecule has 1 aliphatic rings. The van der Waals surface area contributed by atoms with E-state index in [2.05, 4.69) is 0 Å². The summed E-state index contributed by atoms with van der Waals surface area (Å²) in [6.07, 6.45) is 1.90. The minimum absolute atomic E-state index is 0.116. The van der Waals surface area contributed by atoms with Crippen molar-refractivity contribution in [1.29, 1.82) is 0 Å². The molecule has 0 spiro atoms. The minimum Gasteiger partial charge on any atom is -0.444 e. The smallest absolute Gasteiger partial charge is 0.410 e. The minimum atomic E-state index is -0.420. The van der Waals surface area contributed by atoms with E-state index >= 15 is 0 Å². The van der Waals surface area contributed by atoms with E-state index < -0.39 is 5.60 Å². The Morgan fingerprint density at radius 3 is 2.62 bits per heavy atom. The number of alkyl halides is 1. The Kier molecular flexibility index (Phi) is 4.48. The van der Waals surface area contributed by atoms with Crippen molar-refractivity contribution >= 4 is 17.7 Å². The summed E-state index contributed by atoms with van der Waals surface area (Å²) < 4.78 is 5.35. The summed E-state index contributed by atoms with van der Waals surface area (Å²) in [5.74, 6) is 0.392. The Bertz CT molecular complexity index is 248. The number of nitrogens with zero attached hydrogens (tertiary/aromatic N) is 1. The molecule has 0 unspecified atom stereocenters. The lowest BCUT2D eigenvalue weighted by atomic mass is 9.95. The van der Waals surface area contributed by atoms with Gasteiger partial charge in [-0.3, -0.25) is 0 Å². The molecule has 0 aromatic heterocycles. The van der Waals surface area contributed by atoms with Crippen molar-refractivity contribution in [1.82, 2.24) is 4.90 Å². The molecule has 0 aliphatic carbocycles. The molecule has 0 saturated carbocycles. The molecular weight excluding hydrogens is 226 g/mol. The van der Waals surface area contributed by atoms with Crippen LogP contribution in [0.2, 0.25) is 0 Å². The lowest BCUT2D eigenvalue weighted by molar-refractivity contribution is 0.0166. The van der Waals surface area contributed by atoms with Crippen molar-refractivity contribution in [3.8, 4) is 0 Å². The summed E-state index contributed by atoms with van der Waals surface area (Å²) in [5.41, 5.74) is -0.420. The standard InChI is InChI=1S/C12H22ClNO2/c1-9(13)10-6-5-7-14(8-10)11(15)16-12(2,3)4/h9-10H,5-8H2,1-4H3/t9-,10+/m1/s1. The molecule has 2 atom stereocenters. The van der Waals surface area contributed by atoms with Gasteiger partial charge in [0, 0.05) is 18.5 Å². The second kappa shape index (κ2) is 5.26. The third kappa shape index (κ3) is 4.20. The van der Waals surface area contributed by atoms with Crippen LogP contribution in [0.3, 0.4) is 0 Å². The van der Waals surface area contributed by atoms with Crippen LogP contribution in [0.4, 0.5) is 4.79 Å². The van der Waals surface area contributed by atoms with E-state index in [0.717, 1.165) is 25.9 Å². The molecule has 1 aliphatic heterocycles. The summed E-state index contributed by atoms with van der Waals surface area (Å²) in [5, 5.41) is 0.116. The summed E-state index contributed by atoms with van der Waals surface area (Å²) in [6, 6.07) is 0. The van der Waals surface area contributed by atoms with Crippen LogP contribution in [-0.2, 0) is 4.74 Å². The van der Waals surface area contributed by atoms with Crippen molar-refractivity contribution in [3.05, 3.63) is 0 Å². The summed E-state index contributed by atoms with van der Waals surface area (Å²) >= 11 is 6.08. The topological polar surface area (TPSA) is 29.5 Å². The Morgan fingerprint density at radius 2 is 2.12 bits per heavy atom. The van der Waals surface area contributed by atoms with Gasteiger partial charge in [-0.2, -0.15) is 0 Å². The highest BCUT2D eigenvalue weighted by molar-refractivity contribution is 6.20. The zero-order valence-electron chi connectivity index (χ0n) is 10.6. The molecule has 1 rings (SSSR count). The van der Waals surface area contributed by atoms with Gasteiger partial charge in [-0.25, -0.2) is 4.79 Å². The van der Waals surface area contributed by atoms with Crippen molar-refractivity contribution in [2.24, 2.45) is 5.92 Å². The van der Waals surface area contributed by atoms with E-state index in [1.54, 1.807) is 4.90 Å². The monoisotopic (exact) mass is 247 g/mol. The summed E-state index contributed by atoms with van der Waals surface area (Å²) in [6.45, 7) is 9.16. The Balaban J connectivity index is 2.50. The van der Waals surface area contributed by atoms with Crippen LogP contribution in [0.15, 0.2) is 0 Å². The number of carbonyl (C=O) groups is 1. The van der Waals surface area contributed by atoms with Gasteiger partial charge in [0.05, 0.1) is 0 Å². The Morgan fingerprint density at radius 1 is 1.50 bits per heavy atom. The molecule has 4 heteroatoms. The first-order valence-electron chi connectivity index (χ1n) is 5.91. The van der Waals surface area contributed by atoms with E-state index in [0.29, 0.717) is 5.92 Å². The molecular formula is C12H22ClNO2.